The zero-order valence-electron chi connectivity index (χ0n) is 14.3. The van der Waals surface area contributed by atoms with Gasteiger partial charge in [-0.25, -0.2) is 8.78 Å². The van der Waals surface area contributed by atoms with Crippen molar-refractivity contribution in [3.05, 3.63) is 0 Å². The summed E-state index contributed by atoms with van der Waals surface area (Å²) >= 11 is 0. The van der Waals surface area contributed by atoms with Crippen LogP contribution >= 0.6 is 0 Å². The number of aliphatic hydroxyl groups excluding tert-OH is 1. The van der Waals surface area contributed by atoms with Gasteiger partial charge < -0.3 is 5.11 Å². The minimum absolute atomic E-state index is 0.836. The standard InChI is InChI=1S/C14H16F14O/c15-9(11(17,18)19,12(20,21)22)5-2-1-3-8(4-6-29)7-10(16,13(23,24)25)14(26,27)28/h8,29H,1-7H2. The predicted octanol–water partition coefficient (Wildman–Crippen LogP) is 6.60. The molecule has 0 aliphatic heterocycles. The van der Waals surface area contributed by atoms with Crippen LogP contribution in [0.4, 0.5) is 61.5 Å². The highest BCUT2D eigenvalue weighted by molar-refractivity contribution is 4.97. The van der Waals surface area contributed by atoms with Crippen molar-refractivity contribution in [2.24, 2.45) is 5.92 Å². The minimum Gasteiger partial charge on any atom is -0.396 e. The van der Waals surface area contributed by atoms with Crippen LogP contribution in [-0.4, -0.2) is 47.8 Å². The molecular formula is C14H16F14O. The first-order valence-corrected chi connectivity index (χ1v) is 7.89. The molecule has 0 spiro atoms. The SMILES string of the molecule is OCCC(CCCCC(F)(C(F)(F)F)C(F)(F)F)CC(F)(C(F)(F)F)C(F)(F)F. The zero-order valence-corrected chi connectivity index (χ0v) is 14.3. The lowest BCUT2D eigenvalue weighted by Crippen LogP contribution is -2.54. The zero-order chi connectivity index (χ0) is 23.5. The monoisotopic (exact) mass is 466 g/mol. The summed E-state index contributed by atoms with van der Waals surface area (Å²) in [6.45, 7) is -1.02. The smallest absolute Gasteiger partial charge is 0.396 e. The Morgan fingerprint density at radius 1 is 0.517 bits per heavy atom. The summed E-state index contributed by atoms with van der Waals surface area (Å²) in [6.07, 6.45) is -33.7. The van der Waals surface area contributed by atoms with E-state index in [1.54, 1.807) is 0 Å². The second kappa shape index (κ2) is 9.00. The molecule has 15 heteroatoms. The molecular weight excluding hydrogens is 450 g/mol. The first kappa shape index (κ1) is 28.0. The van der Waals surface area contributed by atoms with Crippen LogP contribution in [0, 0.1) is 5.92 Å². The van der Waals surface area contributed by atoms with Crippen molar-refractivity contribution < 1.29 is 66.6 Å². The van der Waals surface area contributed by atoms with E-state index in [2.05, 4.69) is 0 Å². The van der Waals surface area contributed by atoms with E-state index in [1.165, 1.54) is 0 Å². The molecule has 0 aliphatic carbocycles. The third-order valence-electron chi connectivity index (χ3n) is 4.29. The lowest BCUT2D eigenvalue weighted by atomic mass is 9.84. The molecule has 0 amide bonds. The maximum Gasteiger partial charge on any atom is 0.431 e. The van der Waals surface area contributed by atoms with Crippen molar-refractivity contribution in [1.82, 2.24) is 0 Å². The van der Waals surface area contributed by atoms with Crippen LogP contribution in [0.1, 0.15) is 38.5 Å². The van der Waals surface area contributed by atoms with Gasteiger partial charge in [0, 0.05) is 13.0 Å². The van der Waals surface area contributed by atoms with Crippen LogP contribution in [-0.2, 0) is 0 Å². The van der Waals surface area contributed by atoms with E-state index in [4.69, 9.17) is 5.11 Å². The number of hydrogen-bond donors (Lipinski definition) is 1. The van der Waals surface area contributed by atoms with Gasteiger partial charge in [0.15, 0.2) is 0 Å². The fraction of sp³-hybridized carbons (Fsp3) is 1.00. The van der Waals surface area contributed by atoms with Crippen LogP contribution in [0.3, 0.4) is 0 Å². The second-order valence-electron chi connectivity index (χ2n) is 6.42. The van der Waals surface area contributed by atoms with Crippen molar-refractivity contribution in [3.8, 4) is 0 Å². The van der Waals surface area contributed by atoms with E-state index in [-0.39, 0.29) is 0 Å². The molecule has 1 nitrogen and oxygen atoms in total. The Balaban J connectivity index is 5.22. The molecule has 0 aromatic heterocycles. The molecule has 1 unspecified atom stereocenters. The minimum atomic E-state index is -6.40. The molecule has 0 saturated heterocycles. The highest BCUT2D eigenvalue weighted by Crippen LogP contribution is 2.51. The molecule has 176 valence electrons. The largest absolute Gasteiger partial charge is 0.431 e. The Kier molecular flexibility index (Phi) is 8.68. The van der Waals surface area contributed by atoms with Gasteiger partial charge in [0.25, 0.3) is 11.3 Å². The van der Waals surface area contributed by atoms with Gasteiger partial charge in [0.2, 0.25) is 0 Å². The van der Waals surface area contributed by atoms with Crippen molar-refractivity contribution in [3.63, 3.8) is 0 Å². The molecule has 0 aromatic rings. The molecule has 0 aromatic carbocycles. The van der Waals surface area contributed by atoms with Gasteiger partial charge in [0.05, 0.1) is 0 Å². The number of halogens is 14. The van der Waals surface area contributed by atoms with Crippen LogP contribution < -0.4 is 0 Å². The quantitative estimate of drug-likeness (QED) is 0.300. The summed E-state index contributed by atoms with van der Waals surface area (Å²) in [5.41, 5.74) is -11.3. The molecule has 0 heterocycles. The van der Waals surface area contributed by atoms with Crippen LogP contribution in [0.15, 0.2) is 0 Å². The maximum absolute atomic E-state index is 13.7. The third-order valence-corrected chi connectivity index (χ3v) is 4.29. The Hall–Kier alpha value is -1.02. The number of unbranched alkanes of at least 4 members (excludes halogenated alkanes) is 1. The van der Waals surface area contributed by atoms with Crippen molar-refractivity contribution in [2.45, 2.75) is 74.6 Å². The highest BCUT2D eigenvalue weighted by atomic mass is 19.4. The van der Waals surface area contributed by atoms with Crippen LogP contribution in [0.25, 0.3) is 0 Å². The van der Waals surface area contributed by atoms with E-state index in [9.17, 15) is 61.5 Å². The van der Waals surface area contributed by atoms with Crippen molar-refractivity contribution in [1.29, 1.82) is 0 Å². The highest BCUT2D eigenvalue weighted by Gasteiger charge is 2.73. The molecule has 1 atom stereocenters. The topological polar surface area (TPSA) is 20.2 Å². The van der Waals surface area contributed by atoms with Gasteiger partial charge in [-0.2, -0.15) is 52.7 Å². The van der Waals surface area contributed by atoms with Gasteiger partial charge in [-0.1, -0.05) is 12.8 Å². The predicted molar refractivity (Wildman–Crippen MR) is 70.2 cm³/mol. The fourth-order valence-electron chi connectivity index (χ4n) is 2.57. The number of rotatable bonds is 9. The lowest BCUT2D eigenvalue weighted by molar-refractivity contribution is -0.347. The van der Waals surface area contributed by atoms with E-state index in [0.29, 0.717) is 0 Å². The third kappa shape index (κ3) is 6.48. The lowest BCUT2D eigenvalue weighted by Gasteiger charge is -2.33. The first-order chi connectivity index (χ1) is 12.6. The molecule has 0 bridgehead atoms. The molecule has 1 N–H and O–H groups in total. The molecule has 0 aliphatic rings. The molecule has 0 fully saturated rings. The average Bonchev–Trinajstić information content (AvgIpc) is 2.46. The fourth-order valence-corrected chi connectivity index (χ4v) is 2.57. The first-order valence-electron chi connectivity index (χ1n) is 7.89. The number of hydrogen-bond acceptors (Lipinski definition) is 1. The number of alkyl halides is 14. The van der Waals surface area contributed by atoms with Crippen molar-refractivity contribution >= 4 is 0 Å². The van der Waals surface area contributed by atoms with Crippen molar-refractivity contribution in [2.75, 3.05) is 6.61 Å². The van der Waals surface area contributed by atoms with Crippen LogP contribution in [0.5, 0.6) is 0 Å². The summed E-state index contributed by atoms with van der Waals surface area (Å²) in [5, 5.41) is 8.70. The van der Waals surface area contributed by atoms with Gasteiger partial charge in [-0.05, 0) is 25.2 Å². The maximum atomic E-state index is 13.7. The van der Waals surface area contributed by atoms with Gasteiger partial charge >= 0.3 is 24.7 Å². The summed E-state index contributed by atoms with van der Waals surface area (Å²) in [5.74, 6) is -1.89. The van der Waals surface area contributed by atoms with Gasteiger partial charge in [-0.3, -0.25) is 0 Å². The Bertz CT molecular complexity index is 472. The average molecular weight is 466 g/mol. The molecule has 0 saturated carbocycles. The van der Waals surface area contributed by atoms with E-state index in [1.807, 2.05) is 0 Å². The summed E-state index contributed by atoms with van der Waals surface area (Å²) in [6, 6.07) is 0. The van der Waals surface area contributed by atoms with E-state index >= 15 is 0 Å². The van der Waals surface area contributed by atoms with E-state index < -0.39 is 87.1 Å². The summed E-state index contributed by atoms with van der Waals surface area (Å²) in [4.78, 5) is 0. The Morgan fingerprint density at radius 2 is 0.897 bits per heavy atom. The van der Waals surface area contributed by atoms with E-state index in [0.717, 1.165) is 0 Å². The van der Waals surface area contributed by atoms with Crippen LogP contribution in [0.2, 0.25) is 0 Å². The molecule has 0 radical (unpaired) electrons. The van der Waals surface area contributed by atoms with Gasteiger partial charge in [0.1, 0.15) is 0 Å². The Labute approximate surface area is 155 Å². The molecule has 0 rings (SSSR count). The second-order valence-corrected chi connectivity index (χ2v) is 6.42. The summed E-state index contributed by atoms with van der Waals surface area (Å²) in [7, 11) is 0. The Morgan fingerprint density at radius 3 is 1.21 bits per heavy atom. The molecule has 29 heavy (non-hydrogen) atoms. The number of aliphatic hydroxyl groups is 1. The normalized spacial score (nSPS) is 16.2. The van der Waals surface area contributed by atoms with Gasteiger partial charge in [-0.15, -0.1) is 0 Å². The summed E-state index contributed by atoms with van der Waals surface area (Å²) < 4.78 is 177.